The molecular weight excluding hydrogens is 545 g/mol. The molecule has 34 heavy (non-hydrogen) atoms. The summed E-state index contributed by atoms with van der Waals surface area (Å²) in [6.45, 7) is 1.88. The Morgan fingerprint density at radius 3 is 2.03 bits per heavy atom. The van der Waals surface area contributed by atoms with E-state index in [-0.39, 0.29) is 11.1 Å². The number of ether oxygens (including phenoxy) is 1. The Hall–Kier alpha value is -3.17. The van der Waals surface area contributed by atoms with Crippen LogP contribution in [0.15, 0.2) is 72.8 Å². The quantitative estimate of drug-likeness (QED) is 0.264. The second kappa shape index (κ2) is 7.41. The number of carbonyl (C=O) groups excluding carboxylic acids is 4. The number of rotatable bonds is 2. The van der Waals surface area contributed by atoms with Gasteiger partial charge in [0.1, 0.15) is 0 Å². The number of fused-ring (bicyclic) bond motifs is 3. The second-order valence-electron chi connectivity index (χ2n) is 8.80. The molecule has 0 radical (unpaired) electrons. The van der Waals surface area contributed by atoms with Crippen molar-refractivity contribution in [2.24, 2.45) is 11.8 Å². The van der Waals surface area contributed by atoms with E-state index in [0.29, 0.717) is 11.3 Å². The van der Waals surface area contributed by atoms with Gasteiger partial charge in [0, 0.05) is 14.7 Å². The summed E-state index contributed by atoms with van der Waals surface area (Å²) in [5.41, 5.74) is 0.391. The lowest BCUT2D eigenvalue weighted by Crippen LogP contribution is -2.51. The monoisotopic (exact) mass is 563 g/mol. The summed E-state index contributed by atoms with van der Waals surface area (Å²) < 4.78 is 7.06. The number of para-hydroxylation sites is 1. The maximum absolute atomic E-state index is 13.9. The number of anilines is 1. The third kappa shape index (κ3) is 2.59. The number of ketones is 2. The average Bonchev–Trinajstić information content (AvgIpc) is 3.40. The molecule has 1 aliphatic carbocycles. The number of benzene rings is 3. The summed E-state index contributed by atoms with van der Waals surface area (Å²) in [5, 5.41) is 0. The maximum Gasteiger partial charge on any atom is 0.241 e. The molecule has 2 fully saturated rings. The average molecular weight is 563 g/mol. The van der Waals surface area contributed by atoms with Crippen LogP contribution in [0.4, 0.5) is 5.69 Å². The van der Waals surface area contributed by atoms with E-state index in [2.05, 4.69) is 22.6 Å². The first-order valence-electron chi connectivity index (χ1n) is 10.9. The normalized spacial score (nSPS) is 24.8. The Kier molecular flexibility index (Phi) is 4.66. The van der Waals surface area contributed by atoms with Gasteiger partial charge in [0.15, 0.2) is 0 Å². The topological polar surface area (TPSA) is 80.8 Å². The fourth-order valence-electron chi connectivity index (χ4n) is 5.58. The molecule has 7 heteroatoms. The zero-order valence-electron chi connectivity index (χ0n) is 18.0. The first kappa shape index (κ1) is 21.4. The van der Waals surface area contributed by atoms with E-state index in [4.69, 9.17) is 4.74 Å². The van der Waals surface area contributed by atoms with E-state index >= 15 is 0 Å². The largest absolute Gasteiger partial charge is 0.349 e. The van der Waals surface area contributed by atoms with Gasteiger partial charge >= 0.3 is 0 Å². The van der Waals surface area contributed by atoms with E-state index in [0.717, 1.165) is 14.0 Å². The Bertz CT molecular complexity index is 1390. The molecular formula is C27H18INO5. The number of amides is 2. The molecule has 0 N–H and O–H groups in total. The van der Waals surface area contributed by atoms with E-state index in [9.17, 15) is 19.2 Å². The predicted molar refractivity (Wildman–Crippen MR) is 131 cm³/mol. The highest BCUT2D eigenvalue weighted by Crippen LogP contribution is 2.58. The lowest BCUT2D eigenvalue weighted by molar-refractivity contribution is -0.127. The van der Waals surface area contributed by atoms with Gasteiger partial charge < -0.3 is 4.74 Å². The highest BCUT2D eigenvalue weighted by molar-refractivity contribution is 14.1. The van der Waals surface area contributed by atoms with Gasteiger partial charge in [0.05, 0.1) is 23.6 Å². The number of imide groups is 1. The number of nitrogens with zero attached hydrogens (tertiary/aromatic N) is 1. The van der Waals surface area contributed by atoms with Gasteiger partial charge in [-0.1, -0.05) is 60.7 Å². The summed E-state index contributed by atoms with van der Waals surface area (Å²) in [6, 6.07) is 20.9. The highest BCUT2D eigenvalue weighted by Gasteiger charge is 2.74. The third-order valence-electron chi connectivity index (χ3n) is 7.11. The van der Waals surface area contributed by atoms with Crippen LogP contribution >= 0.6 is 22.6 Å². The van der Waals surface area contributed by atoms with Crippen molar-refractivity contribution >= 4 is 51.7 Å². The van der Waals surface area contributed by atoms with Crippen LogP contribution in [0.1, 0.15) is 37.9 Å². The molecule has 2 saturated heterocycles. The molecule has 2 amide bonds. The van der Waals surface area contributed by atoms with Gasteiger partial charge in [0.2, 0.25) is 29.0 Å². The Morgan fingerprint density at radius 1 is 0.794 bits per heavy atom. The van der Waals surface area contributed by atoms with Gasteiger partial charge in [-0.05, 0) is 52.8 Å². The molecule has 1 spiro atoms. The van der Waals surface area contributed by atoms with Crippen molar-refractivity contribution < 1.29 is 23.9 Å². The Labute approximate surface area is 209 Å². The lowest BCUT2D eigenvalue weighted by Gasteiger charge is -2.28. The second-order valence-corrected chi connectivity index (χ2v) is 9.96. The van der Waals surface area contributed by atoms with Gasteiger partial charge in [-0.25, -0.2) is 4.90 Å². The zero-order valence-corrected chi connectivity index (χ0v) is 20.2. The zero-order chi connectivity index (χ0) is 23.8. The highest BCUT2D eigenvalue weighted by atomic mass is 127. The summed E-state index contributed by atoms with van der Waals surface area (Å²) in [7, 11) is 0. The Morgan fingerprint density at radius 2 is 1.38 bits per heavy atom. The van der Waals surface area contributed by atoms with Crippen molar-refractivity contribution in [1.82, 2.24) is 0 Å². The van der Waals surface area contributed by atoms with Crippen molar-refractivity contribution in [2.45, 2.75) is 18.6 Å². The molecule has 3 aliphatic rings. The molecule has 0 aromatic heterocycles. The van der Waals surface area contributed by atoms with Crippen molar-refractivity contribution in [3.05, 3.63) is 98.6 Å². The summed E-state index contributed by atoms with van der Waals surface area (Å²) in [4.78, 5) is 56.5. The van der Waals surface area contributed by atoms with Crippen molar-refractivity contribution in [3.8, 4) is 0 Å². The Balaban J connectivity index is 1.58. The van der Waals surface area contributed by atoms with Gasteiger partial charge in [-0.2, -0.15) is 0 Å². The van der Waals surface area contributed by atoms with E-state index in [1.807, 2.05) is 37.3 Å². The number of hydrogen-bond acceptors (Lipinski definition) is 5. The first-order chi connectivity index (χ1) is 16.4. The third-order valence-corrected chi connectivity index (χ3v) is 8.02. The van der Waals surface area contributed by atoms with E-state index in [1.54, 1.807) is 42.5 Å². The van der Waals surface area contributed by atoms with Crippen LogP contribution in [-0.2, 0) is 14.3 Å². The van der Waals surface area contributed by atoms with Crippen molar-refractivity contribution in [2.75, 3.05) is 4.90 Å². The number of hydrogen-bond donors (Lipinski definition) is 0. The molecule has 3 aromatic rings. The fourth-order valence-corrected chi connectivity index (χ4v) is 6.20. The van der Waals surface area contributed by atoms with Crippen LogP contribution in [0.5, 0.6) is 0 Å². The van der Waals surface area contributed by atoms with Crippen LogP contribution in [0.3, 0.4) is 0 Å². The van der Waals surface area contributed by atoms with Gasteiger partial charge in [-0.15, -0.1) is 0 Å². The summed E-state index contributed by atoms with van der Waals surface area (Å²) in [6.07, 6.45) is -0.906. The SMILES string of the molecule is Cc1ccccc1[C@@H]1OC2(C(=O)c3ccccc3C2=O)[C@@H]2C(=O)N(c3ccccc3I)C(=O)[C@@H]21. The number of carbonyl (C=O) groups is 4. The predicted octanol–water partition coefficient (Wildman–Crippen LogP) is 4.29. The minimum atomic E-state index is -2.05. The van der Waals surface area contributed by atoms with Crippen molar-refractivity contribution in [3.63, 3.8) is 0 Å². The molecule has 2 heterocycles. The number of halogens is 1. The van der Waals surface area contributed by atoms with Gasteiger partial charge in [-0.3, -0.25) is 19.2 Å². The number of Topliss-reactive ketones (excluding diaryl/α,β-unsaturated/α-hetero) is 2. The molecule has 3 aromatic carbocycles. The van der Waals surface area contributed by atoms with Gasteiger partial charge in [0.25, 0.3) is 0 Å². The molecule has 168 valence electrons. The molecule has 3 atom stereocenters. The molecule has 6 rings (SSSR count). The molecule has 0 unspecified atom stereocenters. The summed E-state index contributed by atoms with van der Waals surface area (Å²) in [5.74, 6) is -4.37. The first-order valence-corrected chi connectivity index (χ1v) is 12.0. The lowest BCUT2D eigenvalue weighted by atomic mass is 9.77. The van der Waals surface area contributed by atoms with Crippen LogP contribution in [-0.4, -0.2) is 29.0 Å². The van der Waals surface area contributed by atoms with Crippen LogP contribution < -0.4 is 4.90 Å². The van der Waals surface area contributed by atoms with Crippen molar-refractivity contribution in [1.29, 1.82) is 0 Å². The van der Waals surface area contributed by atoms with E-state index in [1.165, 1.54) is 0 Å². The van der Waals surface area contributed by atoms with Crippen LogP contribution in [0, 0.1) is 22.3 Å². The maximum atomic E-state index is 13.9. The van der Waals surface area contributed by atoms with E-state index < -0.39 is 46.9 Å². The number of aryl methyl sites for hydroxylation is 1. The van der Waals surface area contributed by atoms with Crippen LogP contribution in [0.2, 0.25) is 0 Å². The molecule has 6 nitrogen and oxygen atoms in total. The molecule has 2 aliphatic heterocycles. The standard InChI is InChI=1S/C27H18INO5/c1-14-8-2-3-9-15(14)22-20-21(26(33)29(25(20)32)19-13-7-6-12-18(19)28)27(34-22)23(30)16-10-4-5-11-17(16)24(27)31/h2-13,20-22H,1H3/t20-,21-,22-/m0/s1. The summed E-state index contributed by atoms with van der Waals surface area (Å²) >= 11 is 2.07. The van der Waals surface area contributed by atoms with Crippen LogP contribution in [0.25, 0.3) is 0 Å². The molecule has 0 bridgehead atoms. The minimum Gasteiger partial charge on any atom is -0.349 e. The smallest absolute Gasteiger partial charge is 0.241 e. The fraction of sp³-hybridized carbons (Fsp3) is 0.185. The molecule has 0 saturated carbocycles. The minimum absolute atomic E-state index is 0.227.